The van der Waals surface area contributed by atoms with Crippen LogP contribution < -0.4 is 4.72 Å². The Labute approximate surface area is 120 Å². The van der Waals surface area contributed by atoms with Gasteiger partial charge < -0.3 is 5.11 Å². The average Bonchev–Trinajstić information content (AvgIpc) is 2.82. The molecule has 1 aromatic carbocycles. The van der Waals surface area contributed by atoms with Crippen molar-refractivity contribution in [2.75, 3.05) is 4.72 Å². The molecular formula is C12H10N4O4S. The maximum Gasteiger partial charge on any atom is 0.357 e. The second-order valence-corrected chi connectivity index (χ2v) is 5.71. The third-order valence-electron chi connectivity index (χ3n) is 2.65. The summed E-state index contributed by atoms with van der Waals surface area (Å²) in [7, 11) is -4.18. The smallest absolute Gasteiger partial charge is 0.357 e. The molecule has 0 radical (unpaired) electrons. The highest BCUT2D eigenvalue weighted by Gasteiger charge is 2.28. The highest BCUT2D eigenvalue weighted by molar-refractivity contribution is 7.92. The molecule has 0 saturated heterocycles. The number of rotatable bonds is 4. The van der Waals surface area contributed by atoms with Crippen molar-refractivity contribution in [2.24, 2.45) is 0 Å². The van der Waals surface area contributed by atoms with Crippen LogP contribution in [0.25, 0.3) is 0 Å². The largest absolute Gasteiger partial charge is 0.476 e. The number of sulfonamides is 1. The van der Waals surface area contributed by atoms with Crippen LogP contribution in [0.2, 0.25) is 0 Å². The number of aromatic nitrogens is 2. The van der Waals surface area contributed by atoms with Crippen molar-refractivity contribution in [1.29, 1.82) is 5.26 Å². The number of aromatic amines is 1. The van der Waals surface area contributed by atoms with Gasteiger partial charge in [-0.3, -0.25) is 9.82 Å². The summed E-state index contributed by atoms with van der Waals surface area (Å²) in [6.07, 6.45) is 0. The Balaban J connectivity index is 2.52. The Hall–Kier alpha value is -2.86. The van der Waals surface area contributed by atoms with Crippen molar-refractivity contribution in [3.8, 4) is 6.07 Å². The molecule has 1 aromatic heterocycles. The summed E-state index contributed by atoms with van der Waals surface area (Å²) in [4.78, 5) is 10.6. The predicted octanol–water partition coefficient (Wildman–Crippen LogP) is 1.09. The van der Waals surface area contributed by atoms with Gasteiger partial charge in [0, 0.05) is 0 Å². The number of nitriles is 1. The van der Waals surface area contributed by atoms with Crippen LogP contribution in [0.3, 0.4) is 0 Å². The Morgan fingerprint density at radius 1 is 1.43 bits per heavy atom. The molecule has 0 fully saturated rings. The quantitative estimate of drug-likeness (QED) is 0.773. The normalized spacial score (nSPS) is 10.9. The van der Waals surface area contributed by atoms with Crippen LogP contribution in [0.4, 0.5) is 5.69 Å². The van der Waals surface area contributed by atoms with Crippen LogP contribution in [0.1, 0.15) is 21.7 Å². The van der Waals surface area contributed by atoms with Crippen molar-refractivity contribution in [3.05, 3.63) is 41.2 Å². The summed E-state index contributed by atoms with van der Waals surface area (Å²) < 4.78 is 26.9. The van der Waals surface area contributed by atoms with E-state index in [2.05, 4.69) is 14.9 Å². The summed E-state index contributed by atoms with van der Waals surface area (Å²) in [5.41, 5.74) is -0.320. The van der Waals surface area contributed by atoms with Crippen molar-refractivity contribution < 1.29 is 18.3 Å². The second kappa shape index (κ2) is 5.26. The lowest BCUT2D eigenvalue weighted by molar-refractivity contribution is 0.0686. The number of nitrogens with one attached hydrogen (secondary N) is 2. The third kappa shape index (κ3) is 2.70. The first kappa shape index (κ1) is 14.5. The number of carbonyl (C=O) groups is 1. The first-order chi connectivity index (χ1) is 9.86. The molecule has 0 spiro atoms. The van der Waals surface area contributed by atoms with Crippen LogP contribution in [-0.4, -0.2) is 29.7 Å². The molecule has 3 N–H and O–H groups in total. The van der Waals surface area contributed by atoms with E-state index in [4.69, 9.17) is 10.4 Å². The molecule has 0 bridgehead atoms. The number of hydrogen-bond acceptors (Lipinski definition) is 5. The van der Waals surface area contributed by atoms with Gasteiger partial charge in [0.05, 0.1) is 16.9 Å². The zero-order valence-electron chi connectivity index (χ0n) is 10.8. The first-order valence-corrected chi connectivity index (χ1v) is 7.15. The van der Waals surface area contributed by atoms with Crippen molar-refractivity contribution in [3.63, 3.8) is 0 Å². The molecule has 0 atom stereocenters. The molecule has 108 valence electrons. The van der Waals surface area contributed by atoms with Gasteiger partial charge in [-0.25, -0.2) is 13.2 Å². The van der Waals surface area contributed by atoms with Gasteiger partial charge >= 0.3 is 5.97 Å². The number of carboxylic acid groups (broad SMARTS) is 1. The molecule has 0 unspecified atom stereocenters. The minimum atomic E-state index is -4.18. The van der Waals surface area contributed by atoms with E-state index in [1.54, 1.807) is 12.1 Å². The topological polar surface area (TPSA) is 136 Å². The molecule has 0 aliphatic heterocycles. The van der Waals surface area contributed by atoms with Crippen LogP contribution in [0, 0.1) is 18.3 Å². The summed E-state index contributed by atoms with van der Waals surface area (Å²) in [5, 5.41) is 23.7. The monoisotopic (exact) mass is 306 g/mol. The lowest BCUT2D eigenvalue weighted by Gasteiger charge is -2.09. The Kier molecular flexibility index (Phi) is 3.64. The zero-order valence-corrected chi connectivity index (χ0v) is 11.6. The van der Waals surface area contributed by atoms with Crippen molar-refractivity contribution in [1.82, 2.24) is 10.2 Å². The molecular weight excluding hydrogens is 296 g/mol. The number of aryl methyl sites for hydroxylation is 1. The van der Waals surface area contributed by atoms with Crippen LogP contribution >= 0.6 is 0 Å². The number of aromatic carboxylic acids is 1. The molecule has 9 heteroatoms. The molecule has 2 rings (SSSR count). The molecule has 21 heavy (non-hydrogen) atoms. The molecule has 0 amide bonds. The summed E-state index contributed by atoms with van der Waals surface area (Å²) in [6.45, 7) is 1.39. The van der Waals surface area contributed by atoms with Gasteiger partial charge in [-0.05, 0) is 19.1 Å². The first-order valence-electron chi connectivity index (χ1n) is 5.67. The molecule has 1 heterocycles. The summed E-state index contributed by atoms with van der Waals surface area (Å²) >= 11 is 0. The lowest BCUT2D eigenvalue weighted by Crippen LogP contribution is -2.17. The molecule has 0 aliphatic rings. The van der Waals surface area contributed by atoms with Crippen LogP contribution in [0.15, 0.2) is 29.2 Å². The molecule has 8 nitrogen and oxygen atoms in total. The fourth-order valence-corrected chi connectivity index (χ4v) is 3.16. The molecule has 2 aromatic rings. The van der Waals surface area contributed by atoms with Gasteiger partial charge in [-0.1, -0.05) is 12.1 Å². The minimum absolute atomic E-state index is 0.0666. The van der Waals surface area contributed by atoms with Gasteiger partial charge in [-0.15, -0.1) is 0 Å². The number of H-pyrrole nitrogens is 1. The van der Waals surface area contributed by atoms with E-state index >= 15 is 0 Å². The molecule has 0 saturated carbocycles. The SMILES string of the molecule is Cc1[nH]nc(C(=O)O)c1S(=O)(=O)Nc1ccccc1C#N. The number of hydrogen-bond donors (Lipinski definition) is 3. The van der Waals surface area contributed by atoms with Gasteiger partial charge in [0.15, 0.2) is 5.69 Å². The number of anilines is 1. The zero-order chi connectivity index (χ0) is 15.6. The number of benzene rings is 1. The third-order valence-corrected chi connectivity index (χ3v) is 4.18. The van der Waals surface area contributed by atoms with E-state index in [9.17, 15) is 13.2 Å². The molecule has 0 aliphatic carbocycles. The number of para-hydroxylation sites is 1. The number of nitrogens with zero attached hydrogens (tertiary/aromatic N) is 2. The van der Waals surface area contributed by atoms with Crippen LogP contribution in [0.5, 0.6) is 0 Å². The van der Waals surface area contributed by atoms with E-state index < -0.39 is 26.6 Å². The van der Waals surface area contributed by atoms with E-state index in [0.29, 0.717) is 0 Å². The maximum atomic E-state index is 12.3. The lowest BCUT2D eigenvalue weighted by atomic mass is 10.2. The second-order valence-electron chi connectivity index (χ2n) is 4.09. The highest BCUT2D eigenvalue weighted by atomic mass is 32.2. The van der Waals surface area contributed by atoms with E-state index in [-0.39, 0.29) is 16.9 Å². The van der Waals surface area contributed by atoms with Crippen LogP contribution in [-0.2, 0) is 10.0 Å². The van der Waals surface area contributed by atoms with Crippen molar-refractivity contribution >= 4 is 21.7 Å². The van der Waals surface area contributed by atoms with Gasteiger partial charge in [0.25, 0.3) is 10.0 Å². The Morgan fingerprint density at radius 2 is 2.10 bits per heavy atom. The standard InChI is InChI=1S/C12H10N4O4S/c1-7-11(10(12(17)18)15-14-7)21(19,20)16-9-5-3-2-4-8(9)6-13/h2-5,16H,1H3,(H,14,15)(H,17,18). The van der Waals surface area contributed by atoms with Crippen molar-refractivity contribution in [2.45, 2.75) is 11.8 Å². The Bertz CT molecular complexity index is 848. The van der Waals surface area contributed by atoms with Gasteiger partial charge in [0.2, 0.25) is 0 Å². The van der Waals surface area contributed by atoms with E-state index in [1.165, 1.54) is 19.1 Å². The average molecular weight is 306 g/mol. The van der Waals surface area contributed by atoms with Gasteiger partial charge in [0.1, 0.15) is 11.0 Å². The summed E-state index contributed by atoms with van der Waals surface area (Å²) in [5.74, 6) is -1.46. The number of carboxylic acids is 1. The predicted molar refractivity (Wildman–Crippen MR) is 72.2 cm³/mol. The fraction of sp³-hybridized carbons (Fsp3) is 0.0833. The summed E-state index contributed by atoms with van der Waals surface area (Å²) in [6, 6.07) is 7.84. The van der Waals surface area contributed by atoms with Gasteiger partial charge in [-0.2, -0.15) is 10.4 Å². The highest BCUT2D eigenvalue weighted by Crippen LogP contribution is 2.23. The van der Waals surface area contributed by atoms with E-state index in [0.717, 1.165) is 0 Å². The minimum Gasteiger partial charge on any atom is -0.476 e. The Morgan fingerprint density at radius 3 is 2.71 bits per heavy atom. The van der Waals surface area contributed by atoms with E-state index in [1.807, 2.05) is 6.07 Å². The fourth-order valence-electron chi connectivity index (χ4n) is 1.76. The maximum absolute atomic E-state index is 12.3.